The van der Waals surface area contributed by atoms with Crippen molar-refractivity contribution in [3.05, 3.63) is 121 Å². The van der Waals surface area contributed by atoms with Gasteiger partial charge in [0, 0.05) is 43.5 Å². The second-order valence-electron chi connectivity index (χ2n) is 22.9. The van der Waals surface area contributed by atoms with Crippen LogP contribution in [0.25, 0.3) is 0 Å². The first-order valence-electron chi connectivity index (χ1n) is 29.0. The van der Waals surface area contributed by atoms with Gasteiger partial charge in [0.15, 0.2) is 29.3 Å². The maximum Gasteiger partial charge on any atom is 0.351 e. The number of nitrogens with two attached hydrogens (primary N) is 4. The summed E-state index contributed by atoms with van der Waals surface area (Å²) in [5.41, 5.74) is 10.4. The quantitative estimate of drug-likeness (QED) is 0.0652. The monoisotopic (exact) mass is 1420 g/mol. The van der Waals surface area contributed by atoms with E-state index in [0.717, 1.165) is 9.47 Å². The van der Waals surface area contributed by atoms with E-state index < -0.39 is 205 Å². The van der Waals surface area contributed by atoms with Crippen molar-refractivity contribution in [3.8, 4) is 0 Å². The van der Waals surface area contributed by atoms with Crippen molar-refractivity contribution in [3.63, 3.8) is 0 Å². The zero-order valence-electron chi connectivity index (χ0n) is 51.6. The maximum absolute atomic E-state index is 13.2. The first-order chi connectivity index (χ1) is 46.2. The fourth-order valence-electron chi connectivity index (χ4n) is 10.9. The second kappa shape index (κ2) is 32.6. The van der Waals surface area contributed by atoms with Crippen LogP contribution >= 0.6 is 0 Å². The Morgan fingerprint density at radius 2 is 0.939 bits per heavy atom. The number of alkyl halides is 9. The lowest BCUT2D eigenvalue weighted by Crippen LogP contribution is -2.52. The molecule has 42 heteroatoms. The lowest BCUT2D eigenvalue weighted by molar-refractivity contribution is -0.198. The third-order valence-electron chi connectivity index (χ3n) is 16.8. The molecule has 5 fully saturated rings. The van der Waals surface area contributed by atoms with Gasteiger partial charge in [-0.3, -0.25) is 18.1 Å². The van der Waals surface area contributed by atoms with Crippen LogP contribution in [0.5, 0.6) is 0 Å². The zero-order chi connectivity index (χ0) is 73.3. The van der Waals surface area contributed by atoms with Crippen molar-refractivity contribution in [2.45, 2.75) is 121 Å². The number of amidine groups is 3. The molecule has 0 aliphatic carbocycles. The number of aliphatic hydroxyl groups excluding tert-OH is 12. The molecule has 1 aromatic rings. The Kier molecular flexibility index (Phi) is 26.4. The summed E-state index contributed by atoms with van der Waals surface area (Å²) < 4.78 is 145. The topological polar surface area (TPSA) is 507 Å². The number of ether oxygens (including phenoxy) is 5. The van der Waals surface area contributed by atoms with Crippen molar-refractivity contribution in [2.24, 2.45) is 44.0 Å². The molecule has 9 aliphatic rings. The van der Waals surface area contributed by atoms with E-state index in [4.69, 9.17) is 61.9 Å². The normalized spacial score (nSPS) is 36.5. The molecule has 0 spiro atoms. The van der Waals surface area contributed by atoms with E-state index in [2.05, 4.69) is 51.6 Å². The van der Waals surface area contributed by atoms with Crippen molar-refractivity contribution >= 4 is 29.2 Å². The molecule has 0 aromatic carbocycles. The minimum atomic E-state index is -3.18. The lowest BCUT2D eigenvalue weighted by Gasteiger charge is -2.34. The number of halogens is 9. The van der Waals surface area contributed by atoms with Crippen molar-refractivity contribution < 1.29 is 129 Å². The average molecular weight is 1420 g/mol. The van der Waals surface area contributed by atoms with Gasteiger partial charge in [-0.05, 0) is 24.3 Å². The van der Waals surface area contributed by atoms with Crippen molar-refractivity contribution in [1.29, 1.82) is 0 Å². The van der Waals surface area contributed by atoms with Gasteiger partial charge in [-0.25, -0.2) is 50.5 Å². The molecular formula is C56H77F9N14O19. The number of hydrogen-bond acceptors (Lipinski definition) is 31. The Balaban J connectivity index is 0.000000193. The maximum atomic E-state index is 13.2. The van der Waals surface area contributed by atoms with Crippen LogP contribution in [0.4, 0.5) is 45.3 Å². The number of rotatable bonds is 17. The molecule has 10 rings (SSSR count). The van der Waals surface area contributed by atoms with Gasteiger partial charge in [0.05, 0.1) is 76.5 Å². The lowest BCUT2D eigenvalue weighted by atomic mass is 9.91. The number of nitrogens with zero attached hydrogens (tertiary/aromatic N) is 9. The number of hydrogen-bond donors (Lipinski definition) is 17. The van der Waals surface area contributed by atoms with Gasteiger partial charge in [0.2, 0.25) is 0 Å². The molecule has 1 aromatic heterocycles. The van der Waals surface area contributed by atoms with Gasteiger partial charge < -0.3 is 133 Å². The Labute approximate surface area is 550 Å². The fraction of sp³-hybridized carbons (Fsp3) is 0.571. The molecule has 33 nitrogen and oxygen atoms in total. The van der Waals surface area contributed by atoms with Crippen LogP contribution < -0.4 is 33.9 Å². The number of aromatic nitrogens is 2. The summed E-state index contributed by atoms with van der Waals surface area (Å²) in [7, 11) is 0. The molecule has 19 atom stereocenters. The Morgan fingerprint density at radius 3 is 1.31 bits per heavy atom. The summed E-state index contributed by atoms with van der Waals surface area (Å²) in [6.45, 7) is 4.51. The van der Waals surface area contributed by atoms with E-state index in [1.54, 1.807) is 0 Å². The van der Waals surface area contributed by atoms with E-state index in [9.17, 15) is 95.1 Å². The molecule has 98 heavy (non-hydrogen) atoms. The van der Waals surface area contributed by atoms with Gasteiger partial charge in [-0.1, -0.05) is 26.3 Å². The van der Waals surface area contributed by atoms with Crippen LogP contribution in [0.3, 0.4) is 0 Å². The summed E-state index contributed by atoms with van der Waals surface area (Å²) in [5.74, 6) is -1.32. The highest BCUT2D eigenvalue weighted by atomic mass is 19.3. The predicted molar refractivity (Wildman–Crippen MR) is 321 cm³/mol. The molecule has 10 heterocycles. The average Bonchev–Trinajstić information content (AvgIpc) is 1.63. The van der Waals surface area contributed by atoms with Gasteiger partial charge >= 0.3 is 5.69 Å². The van der Waals surface area contributed by atoms with Crippen LogP contribution in [0.1, 0.15) is 12.6 Å². The molecule has 0 saturated carbocycles. The van der Waals surface area contributed by atoms with Crippen LogP contribution in [-0.2, 0) is 28.5 Å². The number of nitrogen functional groups attached to an aromatic ring is 1. The Morgan fingerprint density at radius 1 is 0.531 bits per heavy atom. The van der Waals surface area contributed by atoms with Crippen LogP contribution in [0, 0.1) is 11.8 Å². The Bertz CT molecular complexity index is 3290. The van der Waals surface area contributed by atoms with E-state index in [0.29, 0.717) is 0 Å². The minimum absolute atomic E-state index is 0.0202. The molecule has 548 valence electrons. The van der Waals surface area contributed by atoms with Crippen LogP contribution in [0.15, 0.2) is 131 Å². The zero-order valence-corrected chi connectivity index (χ0v) is 51.6. The summed E-state index contributed by atoms with van der Waals surface area (Å²) in [4.78, 5) is 43.0. The number of nitrogens with one attached hydrogen (secondary N) is 1. The number of anilines is 1. The number of aliphatic imine (C=N–C) groups is 3. The molecular weight excluding hydrogens is 1340 g/mol. The van der Waals surface area contributed by atoms with Gasteiger partial charge in [-0.15, -0.1) is 0 Å². The predicted octanol–water partition coefficient (Wildman–Crippen LogP) is -4.70. The Hall–Kier alpha value is -7.63. The molecule has 1 amide bonds. The van der Waals surface area contributed by atoms with Gasteiger partial charge in [-0.2, -0.15) is 4.98 Å². The highest BCUT2D eigenvalue weighted by molar-refractivity contribution is 5.93. The first kappa shape index (κ1) is 79.4. The number of aliphatic hydroxyl groups is 12. The van der Waals surface area contributed by atoms with Crippen LogP contribution in [-0.4, -0.2) is 289 Å². The molecule has 0 bridgehead atoms. The molecule has 5 saturated heterocycles. The van der Waals surface area contributed by atoms with E-state index >= 15 is 0 Å². The van der Waals surface area contributed by atoms with Crippen molar-refractivity contribution in [2.75, 3.05) is 72.1 Å². The fourth-order valence-corrected chi connectivity index (χ4v) is 10.9. The number of carbonyl (C=O) groups excluding carboxylic acids is 1. The number of carbonyl (C=O) groups is 1. The molecule has 9 aliphatic heterocycles. The van der Waals surface area contributed by atoms with Gasteiger partial charge in [0.1, 0.15) is 121 Å². The highest BCUT2D eigenvalue weighted by Crippen LogP contribution is 2.44. The molecule has 0 radical (unpaired) electrons. The van der Waals surface area contributed by atoms with Gasteiger partial charge in [0.25, 0.3) is 18.8 Å². The third kappa shape index (κ3) is 15.5. The molecule has 21 N–H and O–H groups in total. The molecule has 0 unspecified atom stereocenters. The number of amides is 1. The largest absolute Gasteiger partial charge is 0.393 e. The van der Waals surface area contributed by atoms with E-state index in [1.807, 2.05) is 0 Å². The van der Waals surface area contributed by atoms with Crippen molar-refractivity contribution in [1.82, 2.24) is 34.5 Å². The minimum Gasteiger partial charge on any atom is -0.393 e. The summed E-state index contributed by atoms with van der Waals surface area (Å²) >= 11 is 0. The summed E-state index contributed by atoms with van der Waals surface area (Å²) in [6.07, 6.45) is -11.0. The second-order valence-corrected chi connectivity index (χ2v) is 22.9. The van der Waals surface area contributed by atoms with E-state index in [-0.39, 0.29) is 53.0 Å². The van der Waals surface area contributed by atoms with E-state index in [1.165, 1.54) is 76.1 Å². The smallest absolute Gasteiger partial charge is 0.351 e. The third-order valence-corrected chi connectivity index (χ3v) is 16.8. The van der Waals surface area contributed by atoms with Crippen LogP contribution in [0.2, 0.25) is 0 Å². The summed E-state index contributed by atoms with van der Waals surface area (Å²) in [6, 6.07) is 1.29. The highest BCUT2D eigenvalue weighted by Gasteiger charge is 2.62. The summed E-state index contributed by atoms with van der Waals surface area (Å²) in [5, 5.41) is 117. The SMILES string of the molecule is C=C1N=C(N)C=CN1[C@@H]1O[C@@](CO)(C(F)F)[C@@H](O)[C@@H]1O.C=C1N=C(N)C=CN1[C@@H]1O[C@@](CO)(CF)[C@@H](O)[C@@H]1CF.C=C1N=C(N)C=CN1[C@H]1C[C@H](O)[C@](CO)(C(F)F)O1.C=C1NC(=O)C=CN1[C@@H]1O[C@@](CO)(CF)[C@@H](O)[C@@H]1CF.Nc1ccn([C@@H]2O[C@@](CO)(CF)[C@@H](O)[C@@H]2O)c(=O)n1. The standard InChI is InChI=1S/C12H17F2N3O3.C12H16F2N2O4.C11H15F2N3O4.C11H15F2N3O3.C10H14FN3O5/c1-7-16-9(15)2-3-17(7)11-8(4-13)10(19)12(5-14,6-18)20-11;1-7-15-9(18)2-3-16(7)11-8(4-13)10(19)12(5-14,6-17)20-11;1-5-15-6(14)2-3-16(5)9-7(18)8(19)11(4-17,20-9)10(12)13;1-6-15-8(14)2-3-16(6)9-4-7(18)11(5-17,19-9)10(12)13;11-3-10(4-15)7(17)6(16)8(19-10)14-2-1-5(12)13-9(14)18/h2-3,8,10-11,18-19H,1,4-6H2,(H2,15,16);2-3,8,10-11,17,19H,1,4-6H2,(H,15,18);2-3,7-10,17-19H,1,4H2,(H2,14,15);2-3,7,9-10,17-18H,1,4-5H2,(H2,14,15);1-2,6-8,15-17H,3-4H2,(H2,12,13,18)/t2*8-,10-,11+,12+;7-,8-,9+,11+;7-,9+,11+;6-,7-,8+,10+/m00000/s1. The first-order valence-corrected chi connectivity index (χ1v) is 29.0.